The molecule has 4 heteroatoms. The lowest BCUT2D eigenvalue weighted by Gasteiger charge is -2.27. The molecule has 0 aromatic heterocycles. The van der Waals surface area contributed by atoms with E-state index in [0.717, 1.165) is 19.4 Å². The number of rotatable bonds is 4. The second kappa shape index (κ2) is 5.19. The Morgan fingerprint density at radius 3 is 3.08 bits per heavy atom. The summed E-state index contributed by atoms with van der Waals surface area (Å²) in [5.74, 6) is -0.243. The highest BCUT2D eigenvalue weighted by molar-refractivity contribution is 5.73. The van der Waals surface area contributed by atoms with Crippen molar-refractivity contribution >= 4 is 5.91 Å². The smallest absolute Gasteiger partial charge is 0.218 e. The van der Waals surface area contributed by atoms with E-state index in [4.69, 9.17) is 10.5 Å². The molecule has 0 bridgehead atoms. The van der Waals surface area contributed by atoms with Crippen molar-refractivity contribution in [2.75, 3.05) is 13.2 Å². The first-order chi connectivity index (χ1) is 6.18. The van der Waals surface area contributed by atoms with Crippen LogP contribution in [0.1, 0.15) is 26.2 Å². The zero-order valence-corrected chi connectivity index (χ0v) is 8.08. The molecule has 1 fully saturated rings. The molecule has 1 saturated heterocycles. The predicted octanol–water partition coefficient (Wildman–Crippen LogP) is 0.0189. The maximum atomic E-state index is 10.5. The van der Waals surface area contributed by atoms with Crippen molar-refractivity contribution in [2.24, 2.45) is 5.73 Å². The van der Waals surface area contributed by atoms with Gasteiger partial charge in [0.05, 0.1) is 6.10 Å². The van der Waals surface area contributed by atoms with Crippen LogP contribution in [0.25, 0.3) is 0 Å². The molecule has 1 aliphatic heterocycles. The molecular weight excluding hydrogens is 168 g/mol. The highest BCUT2D eigenvalue weighted by Gasteiger charge is 2.18. The van der Waals surface area contributed by atoms with Gasteiger partial charge in [0.2, 0.25) is 5.91 Å². The van der Waals surface area contributed by atoms with Gasteiger partial charge in [-0.1, -0.05) is 0 Å². The summed E-state index contributed by atoms with van der Waals surface area (Å²) in [6, 6.07) is 0.489. The normalized spacial score (nSPS) is 28.7. The Kier molecular flexibility index (Phi) is 4.18. The van der Waals surface area contributed by atoms with Crippen LogP contribution in [0.3, 0.4) is 0 Å². The SMILES string of the molecule is CC1CC(NCCC(N)=O)CCO1. The number of nitrogens with one attached hydrogen (secondary N) is 1. The van der Waals surface area contributed by atoms with E-state index in [1.807, 2.05) is 0 Å². The quantitative estimate of drug-likeness (QED) is 0.650. The van der Waals surface area contributed by atoms with Crippen molar-refractivity contribution in [3.63, 3.8) is 0 Å². The van der Waals surface area contributed by atoms with Crippen molar-refractivity contribution < 1.29 is 9.53 Å². The lowest BCUT2D eigenvalue weighted by atomic mass is 10.0. The van der Waals surface area contributed by atoms with Gasteiger partial charge in [0.15, 0.2) is 0 Å². The number of ether oxygens (including phenoxy) is 1. The largest absolute Gasteiger partial charge is 0.378 e. The molecule has 0 spiro atoms. The molecule has 1 rings (SSSR count). The van der Waals surface area contributed by atoms with Crippen LogP contribution in [0.15, 0.2) is 0 Å². The van der Waals surface area contributed by atoms with Crippen molar-refractivity contribution in [2.45, 2.75) is 38.3 Å². The van der Waals surface area contributed by atoms with E-state index >= 15 is 0 Å². The van der Waals surface area contributed by atoms with E-state index in [0.29, 0.717) is 25.1 Å². The Hall–Kier alpha value is -0.610. The molecular formula is C9H18N2O2. The van der Waals surface area contributed by atoms with E-state index in [2.05, 4.69) is 12.2 Å². The van der Waals surface area contributed by atoms with Gasteiger partial charge in [-0.05, 0) is 19.8 Å². The molecule has 13 heavy (non-hydrogen) atoms. The average Bonchev–Trinajstić information content (AvgIpc) is 2.03. The van der Waals surface area contributed by atoms with Gasteiger partial charge in [-0.15, -0.1) is 0 Å². The van der Waals surface area contributed by atoms with Gasteiger partial charge in [0, 0.05) is 25.6 Å². The average molecular weight is 186 g/mol. The van der Waals surface area contributed by atoms with Crippen LogP contribution in [0, 0.1) is 0 Å². The van der Waals surface area contributed by atoms with E-state index in [9.17, 15) is 4.79 Å². The Morgan fingerprint density at radius 2 is 2.46 bits per heavy atom. The Balaban J connectivity index is 2.10. The number of carbonyl (C=O) groups excluding carboxylic acids is 1. The molecule has 3 N–H and O–H groups in total. The maximum Gasteiger partial charge on any atom is 0.218 e. The molecule has 2 atom stereocenters. The number of primary amides is 1. The monoisotopic (exact) mass is 186 g/mol. The summed E-state index contributed by atoms with van der Waals surface area (Å²) in [6.45, 7) is 3.57. The fourth-order valence-corrected chi connectivity index (χ4v) is 1.58. The summed E-state index contributed by atoms with van der Waals surface area (Å²) < 4.78 is 5.40. The molecule has 1 aliphatic rings. The summed E-state index contributed by atoms with van der Waals surface area (Å²) in [6.07, 6.45) is 2.81. The first-order valence-electron chi connectivity index (χ1n) is 4.82. The third-order valence-electron chi connectivity index (χ3n) is 2.29. The highest BCUT2D eigenvalue weighted by Crippen LogP contribution is 2.12. The molecule has 0 aliphatic carbocycles. The molecule has 4 nitrogen and oxygen atoms in total. The van der Waals surface area contributed by atoms with Crippen molar-refractivity contribution in [1.29, 1.82) is 0 Å². The summed E-state index contributed by atoms with van der Waals surface area (Å²) in [5, 5.41) is 3.30. The van der Waals surface area contributed by atoms with Crippen molar-refractivity contribution in [1.82, 2.24) is 5.32 Å². The van der Waals surface area contributed by atoms with Gasteiger partial charge in [0.25, 0.3) is 0 Å². The topological polar surface area (TPSA) is 64.3 Å². The number of nitrogens with two attached hydrogens (primary N) is 1. The molecule has 0 saturated carbocycles. The third-order valence-corrected chi connectivity index (χ3v) is 2.29. The molecule has 0 aromatic carbocycles. The first kappa shape index (κ1) is 10.5. The summed E-state index contributed by atoms with van der Waals surface area (Å²) in [4.78, 5) is 10.5. The van der Waals surface area contributed by atoms with Gasteiger partial charge in [-0.2, -0.15) is 0 Å². The van der Waals surface area contributed by atoms with E-state index in [1.165, 1.54) is 0 Å². The number of hydrogen-bond acceptors (Lipinski definition) is 3. The highest BCUT2D eigenvalue weighted by atomic mass is 16.5. The van der Waals surface area contributed by atoms with Gasteiger partial charge in [-0.3, -0.25) is 4.79 Å². The molecule has 2 unspecified atom stereocenters. The molecule has 1 amide bonds. The Labute approximate surface area is 78.8 Å². The second-order valence-electron chi connectivity index (χ2n) is 3.57. The molecule has 0 aromatic rings. The number of amides is 1. The predicted molar refractivity (Wildman–Crippen MR) is 50.3 cm³/mol. The van der Waals surface area contributed by atoms with Gasteiger partial charge in [0.1, 0.15) is 0 Å². The molecule has 76 valence electrons. The Morgan fingerprint density at radius 1 is 1.69 bits per heavy atom. The third kappa shape index (κ3) is 4.24. The summed E-state index contributed by atoms with van der Waals surface area (Å²) >= 11 is 0. The number of hydrogen-bond donors (Lipinski definition) is 2. The molecule has 1 heterocycles. The van der Waals surface area contributed by atoms with Crippen LogP contribution in [-0.4, -0.2) is 31.2 Å². The van der Waals surface area contributed by atoms with Crippen LogP contribution >= 0.6 is 0 Å². The van der Waals surface area contributed by atoms with Crippen LogP contribution < -0.4 is 11.1 Å². The van der Waals surface area contributed by atoms with Crippen molar-refractivity contribution in [3.8, 4) is 0 Å². The minimum atomic E-state index is -0.243. The van der Waals surface area contributed by atoms with Crippen LogP contribution in [0.5, 0.6) is 0 Å². The minimum Gasteiger partial charge on any atom is -0.378 e. The summed E-state index contributed by atoms with van der Waals surface area (Å²) in [5.41, 5.74) is 5.03. The fourth-order valence-electron chi connectivity index (χ4n) is 1.58. The first-order valence-corrected chi connectivity index (χ1v) is 4.82. The standard InChI is InChI=1S/C9H18N2O2/c1-7-6-8(3-5-13-7)11-4-2-9(10)12/h7-8,11H,2-6H2,1H3,(H2,10,12). The zero-order chi connectivity index (χ0) is 9.68. The lowest BCUT2D eigenvalue weighted by molar-refractivity contribution is -0.117. The van der Waals surface area contributed by atoms with Gasteiger partial charge >= 0.3 is 0 Å². The van der Waals surface area contributed by atoms with Gasteiger partial charge < -0.3 is 15.8 Å². The van der Waals surface area contributed by atoms with Crippen LogP contribution in [0.2, 0.25) is 0 Å². The van der Waals surface area contributed by atoms with E-state index in [1.54, 1.807) is 0 Å². The van der Waals surface area contributed by atoms with Crippen LogP contribution in [0.4, 0.5) is 0 Å². The fraction of sp³-hybridized carbons (Fsp3) is 0.889. The molecule has 0 radical (unpaired) electrons. The maximum absolute atomic E-state index is 10.5. The Bertz CT molecular complexity index is 173. The lowest BCUT2D eigenvalue weighted by Crippen LogP contribution is -2.39. The second-order valence-corrected chi connectivity index (χ2v) is 3.57. The minimum absolute atomic E-state index is 0.243. The number of carbonyl (C=O) groups is 1. The summed E-state index contributed by atoms with van der Waals surface area (Å²) in [7, 11) is 0. The van der Waals surface area contributed by atoms with Crippen molar-refractivity contribution in [3.05, 3.63) is 0 Å². The van der Waals surface area contributed by atoms with Crippen LogP contribution in [-0.2, 0) is 9.53 Å². The van der Waals surface area contributed by atoms with E-state index < -0.39 is 0 Å². The van der Waals surface area contributed by atoms with E-state index in [-0.39, 0.29) is 5.91 Å². The zero-order valence-electron chi connectivity index (χ0n) is 8.08. The van der Waals surface area contributed by atoms with Gasteiger partial charge in [-0.25, -0.2) is 0 Å².